The SMILES string of the molecule is CCCCOc1ccccc1NC(=O)Cc1cccc2cccnc12. The molecule has 128 valence electrons. The van der Waals surface area contributed by atoms with Crippen LogP contribution in [0.3, 0.4) is 0 Å². The number of hydrogen-bond donors (Lipinski definition) is 1. The molecule has 0 aliphatic rings. The number of anilines is 1. The van der Waals surface area contributed by atoms with Gasteiger partial charge in [0.2, 0.25) is 5.91 Å². The largest absolute Gasteiger partial charge is 0.491 e. The first-order valence-electron chi connectivity index (χ1n) is 8.62. The summed E-state index contributed by atoms with van der Waals surface area (Å²) in [5, 5.41) is 4.00. The van der Waals surface area contributed by atoms with Gasteiger partial charge >= 0.3 is 0 Å². The molecule has 0 spiro atoms. The van der Waals surface area contributed by atoms with Crippen LogP contribution in [-0.4, -0.2) is 17.5 Å². The van der Waals surface area contributed by atoms with Gasteiger partial charge in [-0.2, -0.15) is 0 Å². The number of nitrogens with one attached hydrogen (secondary N) is 1. The normalized spacial score (nSPS) is 10.6. The van der Waals surface area contributed by atoms with Crippen LogP contribution in [0, 0.1) is 0 Å². The van der Waals surface area contributed by atoms with Gasteiger partial charge in [-0.3, -0.25) is 9.78 Å². The predicted molar refractivity (Wildman–Crippen MR) is 101 cm³/mol. The lowest BCUT2D eigenvalue weighted by molar-refractivity contribution is -0.115. The highest BCUT2D eigenvalue weighted by atomic mass is 16.5. The van der Waals surface area contributed by atoms with Gasteiger partial charge in [0.05, 0.1) is 24.2 Å². The third kappa shape index (κ3) is 4.35. The lowest BCUT2D eigenvalue weighted by atomic mass is 10.1. The van der Waals surface area contributed by atoms with Crippen molar-refractivity contribution in [3.8, 4) is 5.75 Å². The molecule has 0 bridgehead atoms. The van der Waals surface area contributed by atoms with E-state index in [9.17, 15) is 4.79 Å². The van der Waals surface area contributed by atoms with Gasteiger partial charge in [0, 0.05) is 11.6 Å². The molecule has 0 atom stereocenters. The van der Waals surface area contributed by atoms with Crippen LogP contribution in [0.2, 0.25) is 0 Å². The number of para-hydroxylation sites is 3. The van der Waals surface area contributed by atoms with E-state index < -0.39 is 0 Å². The maximum absolute atomic E-state index is 12.5. The molecule has 1 heterocycles. The first kappa shape index (κ1) is 17.0. The molecule has 0 saturated carbocycles. The maximum atomic E-state index is 12.5. The third-order valence-corrected chi connectivity index (χ3v) is 3.98. The van der Waals surface area contributed by atoms with E-state index in [2.05, 4.69) is 17.2 Å². The fraction of sp³-hybridized carbons (Fsp3) is 0.238. The number of nitrogens with zero attached hydrogens (tertiary/aromatic N) is 1. The number of aromatic nitrogens is 1. The Bertz CT molecular complexity index is 856. The van der Waals surface area contributed by atoms with E-state index in [1.54, 1.807) is 6.20 Å². The summed E-state index contributed by atoms with van der Waals surface area (Å²) in [6.45, 7) is 2.77. The molecular weight excluding hydrogens is 312 g/mol. The number of pyridine rings is 1. The average molecular weight is 334 g/mol. The van der Waals surface area contributed by atoms with Gasteiger partial charge in [0.25, 0.3) is 0 Å². The molecule has 0 aliphatic heterocycles. The number of unbranched alkanes of at least 4 members (excludes halogenated alkanes) is 1. The fourth-order valence-corrected chi connectivity index (χ4v) is 2.70. The minimum atomic E-state index is -0.0790. The first-order chi connectivity index (χ1) is 12.3. The Hall–Kier alpha value is -2.88. The maximum Gasteiger partial charge on any atom is 0.228 e. The van der Waals surface area contributed by atoms with Gasteiger partial charge in [0.15, 0.2) is 0 Å². The van der Waals surface area contributed by atoms with Crippen molar-refractivity contribution in [2.75, 3.05) is 11.9 Å². The molecule has 3 aromatic rings. The smallest absolute Gasteiger partial charge is 0.228 e. The van der Waals surface area contributed by atoms with E-state index in [4.69, 9.17) is 4.74 Å². The topological polar surface area (TPSA) is 51.2 Å². The molecule has 25 heavy (non-hydrogen) atoms. The van der Waals surface area contributed by atoms with Crippen molar-refractivity contribution in [2.45, 2.75) is 26.2 Å². The second kappa shape index (κ2) is 8.29. The quantitative estimate of drug-likeness (QED) is 0.643. The van der Waals surface area contributed by atoms with E-state index in [0.29, 0.717) is 18.0 Å². The molecule has 1 amide bonds. The molecule has 0 saturated heterocycles. The Morgan fingerprint density at radius 1 is 1.08 bits per heavy atom. The summed E-state index contributed by atoms with van der Waals surface area (Å²) in [5.74, 6) is 0.630. The Morgan fingerprint density at radius 3 is 2.80 bits per heavy atom. The van der Waals surface area contributed by atoms with Crippen molar-refractivity contribution >= 4 is 22.5 Å². The van der Waals surface area contributed by atoms with Crippen molar-refractivity contribution in [3.05, 3.63) is 66.4 Å². The molecule has 1 N–H and O–H groups in total. The predicted octanol–water partition coefficient (Wildman–Crippen LogP) is 4.59. The molecule has 2 aromatic carbocycles. The summed E-state index contributed by atoms with van der Waals surface area (Å²) < 4.78 is 5.77. The molecule has 0 unspecified atom stereocenters. The number of fused-ring (bicyclic) bond motifs is 1. The van der Waals surface area contributed by atoms with Crippen LogP contribution in [-0.2, 0) is 11.2 Å². The number of hydrogen-bond acceptors (Lipinski definition) is 3. The van der Waals surface area contributed by atoms with Crippen molar-refractivity contribution in [1.82, 2.24) is 4.98 Å². The fourth-order valence-electron chi connectivity index (χ4n) is 2.70. The molecule has 0 radical (unpaired) electrons. The Balaban J connectivity index is 1.72. The van der Waals surface area contributed by atoms with Gasteiger partial charge in [0.1, 0.15) is 5.75 Å². The highest BCUT2D eigenvalue weighted by Crippen LogP contribution is 2.24. The summed E-state index contributed by atoms with van der Waals surface area (Å²) >= 11 is 0. The molecule has 0 aliphatic carbocycles. The number of carbonyl (C=O) groups is 1. The van der Waals surface area contributed by atoms with Crippen LogP contribution in [0.4, 0.5) is 5.69 Å². The molecular formula is C21H22N2O2. The van der Waals surface area contributed by atoms with Crippen LogP contribution in [0.15, 0.2) is 60.8 Å². The van der Waals surface area contributed by atoms with Crippen molar-refractivity contribution < 1.29 is 9.53 Å². The van der Waals surface area contributed by atoms with Gasteiger partial charge in [-0.25, -0.2) is 0 Å². The van der Waals surface area contributed by atoms with Gasteiger partial charge in [-0.15, -0.1) is 0 Å². The monoisotopic (exact) mass is 334 g/mol. The minimum absolute atomic E-state index is 0.0790. The first-order valence-corrected chi connectivity index (χ1v) is 8.62. The average Bonchev–Trinajstić information content (AvgIpc) is 2.64. The second-order valence-electron chi connectivity index (χ2n) is 5.92. The second-order valence-corrected chi connectivity index (χ2v) is 5.92. The lowest BCUT2D eigenvalue weighted by Gasteiger charge is -2.12. The summed E-state index contributed by atoms with van der Waals surface area (Å²) in [5.41, 5.74) is 2.49. The van der Waals surface area contributed by atoms with E-state index >= 15 is 0 Å². The van der Waals surface area contributed by atoms with E-state index in [1.807, 2.05) is 54.6 Å². The molecule has 0 fully saturated rings. The standard InChI is InChI=1S/C21H22N2O2/c1-2-3-14-25-19-12-5-4-11-18(19)23-20(24)15-17-9-6-8-16-10-7-13-22-21(16)17/h4-13H,2-3,14-15H2,1H3,(H,23,24). The van der Waals surface area contributed by atoms with E-state index in [1.165, 1.54) is 0 Å². The minimum Gasteiger partial charge on any atom is -0.491 e. The number of carbonyl (C=O) groups excluding carboxylic acids is 1. The van der Waals surface area contributed by atoms with Crippen molar-refractivity contribution in [1.29, 1.82) is 0 Å². The van der Waals surface area contributed by atoms with Crippen molar-refractivity contribution in [3.63, 3.8) is 0 Å². The van der Waals surface area contributed by atoms with Gasteiger partial charge in [-0.05, 0) is 30.2 Å². The third-order valence-electron chi connectivity index (χ3n) is 3.98. The zero-order chi connectivity index (χ0) is 17.5. The summed E-state index contributed by atoms with van der Waals surface area (Å²) in [4.78, 5) is 16.9. The van der Waals surface area contributed by atoms with E-state index in [0.717, 1.165) is 29.3 Å². The number of rotatable bonds is 7. The zero-order valence-corrected chi connectivity index (χ0v) is 14.4. The molecule has 4 heteroatoms. The lowest BCUT2D eigenvalue weighted by Crippen LogP contribution is -2.15. The molecule has 1 aromatic heterocycles. The number of ether oxygens (including phenoxy) is 1. The highest BCUT2D eigenvalue weighted by Gasteiger charge is 2.10. The summed E-state index contributed by atoms with van der Waals surface area (Å²) in [6, 6.07) is 17.3. The van der Waals surface area contributed by atoms with Crippen LogP contribution >= 0.6 is 0 Å². The van der Waals surface area contributed by atoms with Crippen LogP contribution < -0.4 is 10.1 Å². The van der Waals surface area contributed by atoms with Crippen LogP contribution in [0.1, 0.15) is 25.3 Å². The Morgan fingerprint density at radius 2 is 1.92 bits per heavy atom. The van der Waals surface area contributed by atoms with Crippen LogP contribution in [0.25, 0.3) is 10.9 Å². The van der Waals surface area contributed by atoms with Crippen LogP contribution in [0.5, 0.6) is 5.75 Å². The number of benzene rings is 2. The van der Waals surface area contributed by atoms with E-state index in [-0.39, 0.29) is 12.3 Å². The highest BCUT2D eigenvalue weighted by molar-refractivity contribution is 5.96. The Labute approximate surface area is 147 Å². The molecule has 4 nitrogen and oxygen atoms in total. The van der Waals surface area contributed by atoms with Gasteiger partial charge in [-0.1, -0.05) is 49.7 Å². The summed E-state index contributed by atoms with van der Waals surface area (Å²) in [6.07, 6.45) is 4.09. The Kier molecular flexibility index (Phi) is 5.62. The zero-order valence-electron chi connectivity index (χ0n) is 14.4. The molecule has 3 rings (SSSR count). The van der Waals surface area contributed by atoms with Gasteiger partial charge < -0.3 is 10.1 Å². The number of amides is 1. The summed E-state index contributed by atoms with van der Waals surface area (Å²) in [7, 11) is 0. The van der Waals surface area contributed by atoms with Crippen molar-refractivity contribution in [2.24, 2.45) is 0 Å².